The summed E-state index contributed by atoms with van der Waals surface area (Å²) in [7, 11) is 3.22. The summed E-state index contributed by atoms with van der Waals surface area (Å²) in [6.07, 6.45) is 2.62. The molecular formula is C22H30F3N3O2. The smallest absolute Gasteiger partial charge is 0.267 e. The molecule has 2 aliphatic rings. The van der Waals surface area contributed by atoms with Crippen molar-refractivity contribution in [1.82, 2.24) is 9.80 Å². The molecule has 0 aromatic heterocycles. The Bertz CT molecular complexity index is 761. The summed E-state index contributed by atoms with van der Waals surface area (Å²) in [5, 5.41) is 0. The first-order valence-corrected chi connectivity index (χ1v) is 10.5. The highest BCUT2D eigenvalue weighted by atomic mass is 19.3. The lowest BCUT2D eigenvalue weighted by molar-refractivity contribution is -0.144. The first-order chi connectivity index (χ1) is 14.1. The van der Waals surface area contributed by atoms with Crippen molar-refractivity contribution in [3.05, 3.63) is 35.6 Å². The number of rotatable bonds is 5. The Morgan fingerprint density at radius 2 is 1.73 bits per heavy atom. The van der Waals surface area contributed by atoms with Gasteiger partial charge in [-0.2, -0.15) is 0 Å². The van der Waals surface area contributed by atoms with Gasteiger partial charge in [-0.1, -0.05) is 12.1 Å². The normalized spacial score (nSPS) is 25.6. The molecule has 1 aliphatic heterocycles. The van der Waals surface area contributed by atoms with Gasteiger partial charge in [0.1, 0.15) is 5.82 Å². The van der Waals surface area contributed by atoms with Gasteiger partial charge in [-0.3, -0.25) is 9.59 Å². The predicted octanol–water partition coefficient (Wildman–Crippen LogP) is 3.00. The minimum absolute atomic E-state index is 0.0419. The van der Waals surface area contributed by atoms with Crippen molar-refractivity contribution in [2.24, 2.45) is 17.6 Å². The maximum atomic E-state index is 13.6. The molecule has 2 amide bonds. The van der Waals surface area contributed by atoms with Crippen LogP contribution in [0.4, 0.5) is 13.2 Å². The molecule has 8 heteroatoms. The summed E-state index contributed by atoms with van der Waals surface area (Å²) in [5.74, 6) is -4.57. The summed E-state index contributed by atoms with van der Waals surface area (Å²) >= 11 is 0. The lowest BCUT2D eigenvalue weighted by atomic mass is 9.71. The van der Waals surface area contributed by atoms with E-state index in [9.17, 15) is 22.8 Å². The van der Waals surface area contributed by atoms with Gasteiger partial charge in [0.2, 0.25) is 11.8 Å². The number of halogens is 3. The summed E-state index contributed by atoms with van der Waals surface area (Å²) in [4.78, 5) is 28.2. The monoisotopic (exact) mass is 425 g/mol. The zero-order valence-corrected chi connectivity index (χ0v) is 17.5. The Kier molecular flexibility index (Phi) is 6.75. The van der Waals surface area contributed by atoms with Crippen LogP contribution in [-0.4, -0.2) is 60.8 Å². The van der Waals surface area contributed by atoms with Gasteiger partial charge in [0.25, 0.3) is 5.92 Å². The molecule has 2 atom stereocenters. The Hall–Kier alpha value is -2.09. The third-order valence-corrected chi connectivity index (χ3v) is 6.50. The number of nitrogens with two attached hydrogens (primary N) is 1. The quantitative estimate of drug-likeness (QED) is 0.789. The number of hydrogen-bond donors (Lipinski definition) is 1. The van der Waals surface area contributed by atoms with Crippen LogP contribution >= 0.6 is 0 Å². The van der Waals surface area contributed by atoms with Crippen molar-refractivity contribution >= 4 is 11.8 Å². The third kappa shape index (κ3) is 4.96. The number of amides is 2. The van der Waals surface area contributed by atoms with Gasteiger partial charge in [-0.05, 0) is 55.2 Å². The number of carbonyl (C=O) groups excluding carboxylic acids is 2. The number of nitrogens with zero attached hydrogens (tertiary/aromatic N) is 2. The van der Waals surface area contributed by atoms with Gasteiger partial charge in [-0.25, -0.2) is 13.2 Å². The van der Waals surface area contributed by atoms with Crippen LogP contribution in [0, 0.1) is 17.7 Å². The molecule has 0 unspecified atom stereocenters. The van der Waals surface area contributed by atoms with Crippen LogP contribution in [0.1, 0.15) is 43.6 Å². The highest BCUT2D eigenvalue weighted by Crippen LogP contribution is 2.40. The van der Waals surface area contributed by atoms with E-state index in [0.717, 1.165) is 23.3 Å². The lowest BCUT2D eigenvalue weighted by Gasteiger charge is -2.37. The fourth-order valence-electron chi connectivity index (χ4n) is 4.78. The van der Waals surface area contributed by atoms with Crippen LogP contribution < -0.4 is 5.73 Å². The highest BCUT2D eigenvalue weighted by Gasteiger charge is 2.45. The van der Waals surface area contributed by atoms with E-state index in [1.807, 2.05) is 0 Å². The molecule has 1 aromatic rings. The van der Waals surface area contributed by atoms with Crippen molar-refractivity contribution in [3.63, 3.8) is 0 Å². The molecule has 1 heterocycles. The van der Waals surface area contributed by atoms with Gasteiger partial charge >= 0.3 is 0 Å². The van der Waals surface area contributed by atoms with Gasteiger partial charge < -0.3 is 15.5 Å². The van der Waals surface area contributed by atoms with E-state index >= 15 is 0 Å². The lowest BCUT2D eigenvalue weighted by Crippen LogP contribution is -2.54. The maximum absolute atomic E-state index is 13.6. The predicted molar refractivity (Wildman–Crippen MR) is 107 cm³/mol. The molecule has 1 saturated heterocycles. The third-order valence-electron chi connectivity index (χ3n) is 6.50. The van der Waals surface area contributed by atoms with Gasteiger partial charge in [0.15, 0.2) is 0 Å². The fraction of sp³-hybridized carbons (Fsp3) is 0.636. The Morgan fingerprint density at radius 1 is 1.13 bits per heavy atom. The van der Waals surface area contributed by atoms with Crippen LogP contribution in [0.25, 0.3) is 0 Å². The van der Waals surface area contributed by atoms with Crippen LogP contribution in [0.3, 0.4) is 0 Å². The topological polar surface area (TPSA) is 66.6 Å². The average Bonchev–Trinajstić information content (AvgIpc) is 3.08. The molecule has 2 fully saturated rings. The second-order valence-electron chi connectivity index (χ2n) is 8.81. The minimum Gasteiger partial charge on any atom is -0.349 e. The largest absolute Gasteiger partial charge is 0.349 e. The van der Waals surface area contributed by atoms with E-state index in [-0.39, 0.29) is 36.5 Å². The molecule has 2 N–H and O–H groups in total. The molecule has 0 spiro atoms. The van der Waals surface area contributed by atoms with Crippen molar-refractivity contribution in [2.75, 3.05) is 27.2 Å². The number of carbonyl (C=O) groups is 2. The van der Waals surface area contributed by atoms with E-state index in [1.165, 1.54) is 17.0 Å². The minimum atomic E-state index is -2.90. The summed E-state index contributed by atoms with van der Waals surface area (Å²) in [6, 6.07) is 5.32. The zero-order valence-electron chi connectivity index (χ0n) is 17.5. The standard InChI is InChI=1S/C22H30F3N3O2/c1-27(2)20(29)18(19(26)21(30)28-12-11-22(24,25)13-28)16-5-3-14(4-6-16)15-7-9-17(23)10-8-15/h7-10,14,16,18-19H,3-6,11-13,26H2,1-2H3/t14?,16?,18-,19-/m0/s1. The molecular weight excluding hydrogens is 395 g/mol. The highest BCUT2D eigenvalue weighted by molar-refractivity contribution is 5.90. The molecule has 0 radical (unpaired) electrons. The maximum Gasteiger partial charge on any atom is 0.267 e. The van der Waals surface area contributed by atoms with Crippen LogP contribution in [0.5, 0.6) is 0 Å². The van der Waals surface area contributed by atoms with Crippen LogP contribution in [0.15, 0.2) is 24.3 Å². The summed E-state index contributed by atoms with van der Waals surface area (Å²) < 4.78 is 40.3. The van der Waals surface area contributed by atoms with Crippen molar-refractivity contribution < 1.29 is 22.8 Å². The van der Waals surface area contributed by atoms with Gasteiger partial charge in [-0.15, -0.1) is 0 Å². The Labute approximate surface area is 175 Å². The van der Waals surface area contributed by atoms with E-state index < -0.39 is 30.3 Å². The van der Waals surface area contributed by atoms with E-state index in [4.69, 9.17) is 5.73 Å². The van der Waals surface area contributed by atoms with Gasteiger partial charge in [0, 0.05) is 27.1 Å². The zero-order chi connectivity index (χ0) is 22.1. The Morgan fingerprint density at radius 3 is 2.23 bits per heavy atom. The summed E-state index contributed by atoms with van der Waals surface area (Å²) in [5.41, 5.74) is 7.30. The second kappa shape index (κ2) is 8.96. The fourth-order valence-corrected chi connectivity index (χ4v) is 4.78. The molecule has 30 heavy (non-hydrogen) atoms. The first kappa shape index (κ1) is 22.6. The molecule has 1 aliphatic carbocycles. The molecule has 1 aromatic carbocycles. The van der Waals surface area contributed by atoms with Crippen molar-refractivity contribution in [2.45, 2.75) is 50.0 Å². The Balaban J connectivity index is 1.70. The van der Waals surface area contributed by atoms with Gasteiger partial charge in [0.05, 0.1) is 18.5 Å². The van der Waals surface area contributed by atoms with Crippen molar-refractivity contribution in [1.29, 1.82) is 0 Å². The number of alkyl halides is 2. The average molecular weight is 425 g/mol. The number of hydrogen-bond acceptors (Lipinski definition) is 3. The molecule has 3 rings (SSSR count). The van der Waals surface area contributed by atoms with Crippen molar-refractivity contribution in [3.8, 4) is 0 Å². The molecule has 1 saturated carbocycles. The van der Waals surface area contributed by atoms with E-state index in [1.54, 1.807) is 26.2 Å². The first-order valence-electron chi connectivity index (χ1n) is 10.5. The molecule has 0 bridgehead atoms. The van der Waals surface area contributed by atoms with Crippen LogP contribution in [0.2, 0.25) is 0 Å². The number of benzene rings is 1. The second-order valence-corrected chi connectivity index (χ2v) is 8.81. The molecule has 5 nitrogen and oxygen atoms in total. The van der Waals surface area contributed by atoms with Crippen LogP contribution in [-0.2, 0) is 9.59 Å². The molecule has 166 valence electrons. The number of likely N-dealkylation sites (tertiary alicyclic amines) is 1. The summed E-state index contributed by atoms with van der Waals surface area (Å²) in [6.45, 7) is -0.681. The SMILES string of the molecule is CN(C)C(=O)[C@@H](C1CCC(c2ccc(F)cc2)CC1)[C@H](N)C(=O)N1CCC(F)(F)C1. The van der Waals surface area contributed by atoms with E-state index in [2.05, 4.69) is 0 Å². The van der Waals surface area contributed by atoms with E-state index in [0.29, 0.717) is 12.8 Å².